The van der Waals surface area contributed by atoms with Gasteiger partial charge in [0.2, 0.25) is 23.7 Å². The minimum atomic E-state index is -1.03. The number of anilines is 3. The number of β-amino-alcohol motifs (C(OH)–C–C–N with tert-alkyl or cyclic N) is 1. The van der Waals surface area contributed by atoms with Crippen molar-refractivity contribution in [3.8, 4) is 27.4 Å². The Bertz CT molecular complexity index is 2930. The van der Waals surface area contributed by atoms with Crippen LogP contribution >= 0.6 is 11.3 Å². The number of rotatable bonds is 16. The van der Waals surface area contributed by atoms with E-state index >= 15 is 0 Å². The number of aliphatic hydroxyl groups excluding tert-OH is 1. The van der Waals surface area contributed by atoms with Crippen molar-refractivity contribution in [1.82, 2.24) is 55.0 Å². The molecule has 1 aromatic carbocycles. The number of carbonyl (C=O) groups is 5. The van der Waals surface area contributed by atoms with Gasteiger partial charge in [0.05, 0.1) is 64.8 Å². The number of pyridine rings is 1. The highest BCUT2D eigenvalue weighted by Gasteiger charge is 2.44. The Labute approximate surface area is 426 Å². The number of thiazole rings is 1. The van der Waals surface area contributed by atoms with Gasteiger partial charge in [-0.2, -0.15) is 0 Å². The Morgan fingerprint density at radius 3 is 2.36 bits per heavy atom. The average Bonchev–Trinajstić information content (AvgIpc) is 4.11. The van der Waals surface area contributed by atoms with Crippen molar-refractivity contribution >= 4 is 64.2 Å². The van der Waals surface area contributed by atoms with Gasteiger partial charge < -0.3 is 40.3 Å². The summed E-state index contributed by atoms with van der Waals surface area (Å²) >= 11 is 1.56. The molecule has 3 atom stereocenters. The van der Waals surface area contributed by atoms with E-state index < -0.39 is 54.0 Å². The van der Waals surface area contributed by atoms with Crippen LogP contribution in [0.25, 0.3) is 27.3 Å². The third-order valence-corrected chi connectivity index (χ3v) is 13.3. The van der Waals surface area contributed by atoms with Crippen LogP contribution in [0.1, 0.15) is 52.3 Å². The molecule has 2 aliphatic rings. The molecule has 5 aromatic heterocycles. The molecule has 22 nitrogen and oxygen atoms in total. The standard InChI is InChI=1S/C50H60N14O8S/c1-30(2)72-49(70)60(7)35-18-34(22-51-23-35)38-12-13-64-41(56-38)20-40(59-64)57-42(66)27-61-14-16-62(17-15-61)48-53-24-37(25-54-48)71-28-43(67)58-45(50(4,5)6)47(69)63-26-36(65)19-39(63)46(68)52-21-32-8-10-33(11-9-32)44-31(3)55-29-73-44/h8-13,18,20,22-25,29-30,36,39,45,65H,14-17,19,21,26-28H2,1-7H3,(H,52,68)(H,58,67)(H,57,59,66)/t36-,39+,45-/m1/s1. The Morgan fingerprint density at radius 1 is 0.932 bits per heavy atom. The summed E-state index contributed by atoms with van der Waals surface area (Å²) in [6.07, 6.45) is 6.30. The predicted octanol–water partition coefficient (Wildman–Crippen LogP) is 3.94. The van der Waals surface area contributed by atoms with Gasteiger partial charge in [0.1, 0.15) is 12.1 Å². The number of hydrogen-bond acceptors (Lipinski definition) is 17. The molecule has 0 radical (unpaired) electrons. The SMILES string of the molecule is Cc1ncsc1-c1ccc(CNC(=O)[C@@H]2C[C@@H](O)CN2C(=O)[C@@H](NC(=O)COc2cnc(N3CCN(CC(=O)Nc4cc5nc(-c6cncc(N(C)C(=O)OC(C)C)c6)ccn5n4)CC3)nc2)C(C)(C)C)cc1. The highest BCUT2D eigenvalue weighted by molar-refractivity contribution is 7.13. The number of carbonyl (C=O) groups excluding carboxylic acids is 5. The van der Waals surface area contributed by atoms with Crippen molar-refractivity contribution < 1.29 is 38.6 Å². The fourth-order valence-corrected chi connectivity index (χ4v) is 9.22. The highest BCUT2D eigenvalue weighted by Crippen LogP contribution is 2.29. The number of nitrogens with zero attached hydrogens (tertiary/aromatic N) is 11. The van der Waals surface area contributed by atoms with Crippen LogP contribution in [-0.2, 0) is 30.5 Å². The number of amides is 5. The number of aryl methyl sites for hydroxylation is 1. The van der Waals surface area contributed by atoms with Crippen LogP contribution in [0.4, 0.5) is 22.2 Å². The minimum Gasteiger partial charge on any atom is -0.481 e. The molecule has 6 aromatic rings. The molecule has 2 aliphatic heterocycles. The van der Waals surface area contributed by atoms with Gasteiger partial charge in [-0.1, -0.05) is 45.0 Å². The van der Waals surface area contributed by atoms with Crippen LogP contribution < -0.4 is 30.5 Å². The zero-order chi connectivity index (χ0) is 52.0. The molecule has 5 amide bonds. The summed E-state index contributed by atoms with van der Waals surface area (Å²) in [7, 11) is 1.61. The second kappa shape index (κ2) is 22.4. The van der Waals surface area contributed by atoms with Crippen LogP contribution in [0.2, 0.25) is 0 Å². The van der Waals surface area contributed by atoms with Gasteiger partial charge in [-0.15, -0.1) is 16.4 Å². The van der Waals surface area contributed by atoms with E-state index in [1.54, 1.807) is 79.0 Å². The largest absolute Gasteiger partial charge is 0.481 e. The summed E-state index contributed by atoms with van der Waals surface area (Å²) in [4.78, 5) is 96.5. The summed E-state index contributed by atoms with van der Waals surface area (Å²) in [6, 6.07) is 11.1. The number of aliphatic hydroxyl groups is 1. The van der Waals surface area contributed by atoms with Crippen molar-refractivity contribution in [3.05, 3.63) is 90.2 Å². The lowest BCUT2D eigenvalue weighted by atomic mass is 9.85. The van der Waals surface area contributed by atoms with Gasteiger partial charge >= 0.3 is 6.09 Å². The smallest absolute Gasteiger partial charge is 0.414 e. The lowest BCUT2D eigenvalue weighted by molar-refractivity contribution is -0.144. The van der Waals surface area contributed by atoms with Gasteiger partial charge in [-0.25, -0.2) is 29.2 Å². The maximum Gasteiger partial charge on any atom is 0.414 e. The molecule has 0 saturated carbocycles. The monoisotopic (exact) mass is 1020 g/mol. The molecule has 7 heterocycles. The number of likely N-dealkylation sites (tertiary alicyclic amines) is 1. The van der Waals surface area contributed by atoms with Crippen molar-refractivity contribution in [3.63, 3.8) is 0 Å². The first-order chi connectivity index (χ1) is 34.9. The second-order valence-electron chi connectivity index (χ2n) is 19.3. The van der Waals surface area contributed by atoms with Crippen LogP contribution in [0.3, 0.4) is 0 Å². The minimum absolute atomic E-state index is 0.0475. The first-order valence-corrected chi connectivity index (χ1v) is 24.8. The first kappa shape index (κ1) is 51.7. The number of hydrogen-bond donors (Lipinski definition) is 4. The fraction of sp³-hybridized carbons (Fsp3) is 0.420. The van der Waals surface area contributed by atoms with Crippen LogP contribution in [0.15, 0.2) is 79.0 Å². The van der Waals surface area contributed by atoms with E-state index in [-0.39, 0.29) is 43.8 Å². The molecule has 384 valence electrons. The molecule has 73 heavy (non-hydrogen) atoms. The Hall–Kier alpha value is -7.63. The van der Waals surface area contributed by atoms with E-state index in [4.69, 9.17) is 14.5 Å². The summed E-state index contributed by atoms with van der Waals surface area (Å²) in [5, 5.41) is 23.7. The Balaban J connectivity index is 0.776. The average molecular weight is 1020 g/mol. The second-order valence-corrected chi connectivity index (χ2v) is 20.2. The van der Waals surface area contributed by atoms with Crippen molar-refractivity contribution in [2.75, 3.05) is 68.0 Å². The molecule has 8 rings (SSSR count). The van der Waals surface area contributed by atoms with Crippen LogP contribution in [-0.4, -0.2) is 156 Å². The molecule has 2 fully saturated rings. The van der Waals surface area contributed by atoms with Gasteiger partial charge in [0.15, 0.2) is 23.8 Å². The molecule has 0 unspecified atom stereocenters. The van der Waals surface area contributed by atoms with Gasteiger partial charge in [-0.05, 0) is 49.4 Å². The van der Waals surface area contributed by atoms with Gasteiger partial charge in [0, 0.05) is 76.8 Å². The summed E-state index contributed by atoms with van der Waals surface area (Å²) in [5.74, 6) is -0.608. The quantitative estimate of drug-likeness (QED) is 0.107. The van der Waals surface area contributed by atoms with Crippen LogP contribution in [0, 0.1) is 12.3 Å². The number of benzene rings is 1. The fourth-order valence-electron chi connectivity index (χ4n) is 8.41. The summed E-state index contributed by atoms with van der Waals surface area (Å²) in [5.41, 5.74) is 6.26. The zero-order valence-electron chi connectivity index (χ0n) is 41.8. The topological polar surface area (TPSA) is 255 Å². The third-order valence-electron chi connectivity index (χ3n) is 12.3. The summed E-state index contributed by atoms with van der Waals surface area (Å²) in [6.45, 7) is 13.1. The highest BCUT2D eigenvalue weighted by atomic mass is 32.1. The number of fused-ring (bicyclic) bond motifs is 1. The lowest BCUT2D eigenvalue weighted by Gasteiger charge is -2.35. The van der Waals surface area contributed by atoms with Crippen molar-refractivity contribution in [2.24, 2.45) is 5.41 Å². The molecular formula is C50H60N14O8S. The van der Waals surface area contributed by atoms with E-state index in [0.29, 0.717) is 60.5 Å². The van der Waals surface area contributed by atoms with Crippen molar-refractivity contribution in [2.45, 2.75) is 78.8 Å². The number of aromatic nitrogens is 7. The van der Waals surface area contributed by atoms with Gasteiger partial charge in [0.25, 0.3) is 5.91 Å². The number of nitrogens with one attached hydrogen (secondary N) is 3. The van der Waals surface area contributed by atoms with E-state index in [2.05, 4.69) is 41.0 Å². The normalized spacial score (nSPS) is 16.6. The third kappa shape index (κ3) is 12.9. The van der Waals surface area contributed by atoms with Crippen molar-refractivity contribution in [1.29, 1.82) is 0 Å². The molecular weight excluding hydrogens is 957 g/mol. The Morgan fingerprint density at radius 2 is 1.67 bits per heavy atom. The predicted molar refractivity (Wildman–Crippen MR) is 273 cm³/mol. The summed E-state index contributed by atoms with van der Waals surface area (Å²) < 4.78 is 12.6. The molecule has 0 aliphatic carbocycles. The first-order valence-electron chi connectivity index (χ1n) is 23.9. The maximum absolute atomic E-state index is 14.1. The number of ether oxygens (including phenoxy) is 2. The van der Waals surface area contributed by atoms with E-state index in [9.17, 15) is 29.1 Å². The zero-order valence-corrected chi connectivity index (χ0v) is 42.6. The Kier molecular flexibility index (Phi) is 15.9. The lowest BCUT2D eigenvalue weighted by Crippen LogP contribution is -2.58. The maximum atomic E-state index is 14.1. The molecule has 0 bridgehead atoms. The van der Waals surface area contributed by atoms with Gasteiger partial charge in [-0.3, -0.25) is 34.0 Å². The van der Waals surface area contributed by atoms with E-state index in [0.717, 1.165) is 21.7 Å². The van der Waals surface area contributed by atoms with E-state index in [1.807, 2.05) is 61.8 Å². The molecule has 2 saturated heterocycles. The molecule has 4 N–H and O–H groups in total. The molecule has 23 heteroatoms. The van der Waals surface area contributed by atoms with E-state index in [1.165, 1.54) is 22.2 Å². The molecule has 0 spiro atoms. The number of piperazine rings is 1. The van der Waals surface area contributed by atoms with Crippen LogP contribution in [0.5, 0.6) is 5.75 Å².